The Kier molecular flexibility index (Phi) is 4.46. The van der Waals surface area contributed by atoms with Crippen molar-refractivity contribution in [2.24, 2.45) is 5.41 Å². The second-order valence-electron chi connectivity index (χ2n) is 5.32. The van der Waals surface area contributed by atoms with Crippen molar-refractivity contribution in [2.75, 3.05) is 6.61 Å². The maximum atomic E-state index is 12.4. The molecule has 0 aliphatic rings. The molecule has 2 aromatic rings. The van der Waals surface area contributed by atoms with Gasteiger partial charge in [0.15, 0.2) is 5.78 Å². The molecule has 0 aliphatic heterocycles. The van der Waals surface area contributed by atoms with Crippen LogP contribution in [0.1, 0.15) is 24.2 Å². The van der Waals surface area contributed by atoms with Gasteiger partial charge in [-0.3, -0.25) is 4.79 Å². The summed E-state index contributed by atoms with van der Waals surface area (Å²) in [7, 11) is 0. The highest BCUT2D eigenvalue weighted by Gasteiger charge is 2.29. The number of halogens is 1. The van der Waals surface area contributed by atoms with Gasteiger partial charge in [0.25, 0.3) is 0 Å². The van der Waals surface area contributed by atoms with Crippen molar-refractivity contribution in [3.8, 4) is 5.75 Å². The van der Waals surface area contributed by atoms with Gasteiger partial charge in [-0.1, -0.05) is 41.9 Å². The van der Waals surface area contributed by atoms with Crippen molar-refractivity contribution in [3.05, 3.63) is 65.2 Å². The van der Waals surface area contributed by atoms with Gasteiger partial charge in [0.2, 0.25) is 0 Å². The molecule has 0 N–H and O–H groups in total. The molecule has 3 heteroatoms. The molecule has 0 aromatic heterocycles. The number of hydrogen-bond donors (Lipinski definition) is 0. The summed E-state index contributed by atoms with van der Waals surface area (Å²) in [5.74, 6) is 0.787. The summed E-state index contributed by atoms with van der Waals surface area (Å²) in [6, 6.07) is 16.4. The highest BCUT2D eigenvalue weighted by atomic mass is 35.5. The third-order valence-electron chi connectivity index (χ3n) is 3.06. The Morgan fingerprint density at radius 1 is 1.05 bits per heavy atom. The van der Waals surface area contributed by atoms with Crippen LogP contribution in [0.3, 0.4) is 0 Å². The Morgan fingerprint density at radius 3 is 2.25 bits per heavy atom. The lowest BCUT2D eigenvalue weighted by atomic mass is 9.85. The fourth-order valence-electron chi connectivity index (χ4n) is 1.84. The molecule has 0 amide bonds. The average Bonchev–Trinajstić information content (AvgIpc) is 2.47. The molecule has 104 valence electrons. The standard InChI is InChI=1S/C17H17ClO2/c1-17(2,16(19)13-6-4-3-5-7-13)12-20-15-10-8-14(18)9-11-15/h3-11H,12H2,1-2H3. The van der Waals surface area contributed by atoms with Crippen LogP contribution in [-0.4, -0.2) is 12.4 Å². The van der Waals surface area contributed by atoms with Gasteiger partial charge in [-0.25, -0.2) is 0 Å². The smallest absolute Gasteiger partial charge is 0.171 e. The van der Waals surface area contributed by atoms with Crippen molar-refractivity contribution in [1.82, 2.24) is 0 Å². The van der Waals surface area contributed by atoms with E-state index in [4.69, 9.17) is 16.3 Å². The molecule has 0 radical (unpaired) electrons. The van der Waals surface area contributed by atoms with Crippen molar-refractivity contribution < 1.29 is 9.53 Å². The van der Waals surface area contributed by atoms with Crippen LogP contribution in [0, 0.1) is 5.41 Å². The second-order valence-corrected chi connectivity index (χ2v) is 5.76. The summed E-state index contributed by atoms with van der Waals surface area (Å²) in [5, 5.41) is 0.664. The molecule has 0 fully saturated rings. The van der Waals surface area contributed by atoms with Crippen LogP contribution in [0.4, 0.5) is 0 Å². The summed E-state index contributed by atoms with van der Waals surface area (Å²) in [6.07, 6.45) is 0. The zero-order valence-electron chi connectivity index (χ0n) is 11.6. The minimum atomic E-state index is -0.582. The first-order chi connectivity index (χ1) is 9.49. The van der Waals surface area contributed by atoms with Crippen LogP contribution in [0.5, 0.6) is 5.75 Å². The predicted octanol–water partition coefficient (Wildman–Crippen LogP) is 4.63. The molecule has 0 spiro atoms. The van der Waals surface area contributed by atoms with Gasteiger partial charge in [-0.2, -0.15) is 0 Å². The Bertz CT molecular complexity index is 574. The van der Waals surface area contributed by atoms with E-state index in [2.05, 4.69) is 0 Å². The van der Waals surface area contributed by atoms with Crippen molar-refractivity contribution in [2.45, 2.75) is 13.8 Å². The largest absolute Gasteiger partial charge is 0.493 e. The molecule has 0 unspecified atom stereocenters. The number of carbonyl (C=O) groups excluding carboxylic acids is 1. The Labute approximate surface area is 124 Å². The number of carbonyl (C=O) groups is 1. The SMILES string of the molecule is CC(C)(COc1ccc(Cl)cc1)C(=O)c1ccccc1. The summed E-state index contributed by atoms with van der Waals surface area (Å²) in [5.41, 5.74) is 0.123. The highest BCUT2D eigenvalue weighted by molar-refractivity contribution is 6.30. The van der Waals surface area contributed by atoms with Gasteiger partial charge < -0.3 is 4.74 Å². The molecule has 0 heterocycles. The molecule has 0 bridgehead atoms. The number of hydrogen-bond acceptors (Lipinski definition) is 2. The molecular weight excluding hydrogens is 272 g/mol. The Balaban J connectivity index is 2.03. The summed E-state index contributed by atoms with van der Waals surface area (Å²) >= 11 is 5.82. The summed E-state index contributed by atoms with van der Waals surface area (Å²) in [6.45, 7) is 4.10. The van der Waals surface area contributed by atoms with Gasteiger partial charge in [0, 0.05) is 10.6 Å². The van der Waals surface area contributed by atoms with E-state index in [0.29, 0.717) is 22.9 Å². The topological polar surface area (TPSA) is 26.3 Å². The van der Waals surface area contributed by atoms with Gasteiger partial charge in [0.05, 0.1) is 5.41 Å². The van der Waals surface area contributed by atoms with Crippen molar-refractivity contribution >= 4 is 17.4 Å². The van der Waals surface area contributed by atoms with Crippen LogP contribution < -0.4 is 4.74 Å². The fourth-order valence-corrected chi connectivity index (χ4v) is 1.97. The van der Waals surface area contributed by atoms with Crippen molar-refractivity contribution in [3.63, 3.8) is 0 Å². The van der Waals surface area contributed by atoms with Gasteiger partial charge in [-0.05, 0) is 38.1 Å². The minimum absolute atomic E-state index is 0.0760. The first kappa shape index (κ1) is 14.6. The molecule has 0 saturated carbocycles. The summed E-state index contributed by atoms with van der Waals surface area (Å²) < 4.78 is 5.69. The molecule has 2 nitrogen and oxygen atoms in total. The van der Waals surface area contributed by atoms with E-state index in [1.807, 2.05) is 44.2 Å². The maximum absolute atomic E-state index is 12.4. The van der Waals surface area contributed by atoms with E-state index in [9.17, 15) is 4.79 Å². The van der Waals surface area contributed by atoms with Gasteiger partial charge in [-0.15, -0.1) is 0 Å². The first-order valence-electron chi connectivity index (χ1n) is 6.47. The minimum Gasteiger partial charge on any atom is -0.493 e. The molecule has 2 aromatic carbocycles. The predicted molar refractivity (Wildman–Crippen MR) is 81.5 cm³/mol. The van der Waals surface area contributed by atoms with E-state index in [1.54, 1.807) is 24.3 Å². The number of ketones is 1. The maximum Gasteiger partial charge on any atom is 0.171 e. The van der Waals surface area contributed by atoms with Crippen LogP contribution in [-0.2, 0) is 0 Å². The first-order valence-corrected chi connectivity index (χ1v) is 6.85. The number of rotatable bonds is 5. The zero-order chi connectivity index (χ0) is 14.6. The van der Waals surface area contributed by atoms with Crippen LogP contribution in [0.25, 0.3) is 0 Å². The third-order valence-corrected chi connectivity index (χ3v) is 3.32. The fraction of sp³-hybridized carbons (Fsp3) is 0.235. The number of ether oxygens (including phenoxy) is 1. The van der Waals surface area contributed by atoms with E-state index in [0.717, 1.165) is 0 Å². The molecule has 0 atom stereocenters. The van der Waals surface area contributed by atoms with Gasteiger partial charge in [0.1, 0.15) is 12.4 Å². The molecule has 0 aliphatic carbocycles. The van der Waals surface area contributed by atoms with Crippen LogP contribution >= 0.6 is 11.6 Å². The molecule has 0 saturated heterocycles. The lowest BCUT2D eigenvalue weighted by molar-refractivity contribution is 0.0751. The summed E-state index contributed by atoms with van der Waals surface area (Å²) in [4.78, 5) is 12.4. The van der Waals surface area contributed by atoms with Gasteiger partial charge >= 0.3 is 0 Å². The van der Waals surface area contributed by atoms with E-state index in [-0.39, 0.29) is 5.78 Å². The van der Waals surface area contributed by atoms with Crippen LogP contribution in [0.2, 0.25) is 5.02 Å². The molecular formula is C17H17ClO2. The highest BCUT2D eigenvalue weighted by Crippen LogP contribution is 2.24. The van der Waals surface area contributed by atoms with E-state index < -0.39 is 5.41 Å². The average molecular weight is 289 g/mol. The normalized spacial score (nSPS) is 11.2. The van der Waals surface area contributed by atoms with Crippen LogP contribution in [0.15, 0.2) is 54.6 Å². The van der Waals surface area contributed by atoms with Crippen molar-refractivity contribution in [1.29, 1.82) is 0 Å². The number of Topliss-reactive ketones (excluding diaryl/α,β-unsaturated/α-hetero) is 1. The Morgan fingerprint density at radius 2 is 1.65 bits per heavy atom. The lowest BCUT2D eigenvalue weighted by Crippen LogP contribution is -2.31. The molecule has 2 rings (SSSR count). The van der Waals surface area contributed by atoms with E-state index >= 15 is 0 Å². The Hall–Kier alpha value is -1.80. The number of benzene rings is 2. The monoisotopic (exact) mass is 288 g/mol. The zero-order valence-corrected chi connectivity index (χ0v) is 12.4. The third kappa shape index (κ3) is 3.61. The molecule has 20 heavy (non-hydrogen) atoms. The second kappa shape index (κ2) is 6.10. The van der Waals surface area contributed by atoms with E-state index in [1.165, 1.54) is 0 Å². The lowest BCUT2D eigenvalue weighted by Gasteiger charge is -2.23. The quantitative estimate of drug-likeness (QED) is 0.750.